The maximum absolute atomic E-state index is 11.7. The lowest BCUT2D eigenvalue weighted by molar-refractivity contribution is -0.142. The van der Waals surface area contributed by atoms with Crippen molar-refractivity contribution in [3.63, 3.8) is 0 Å². The number of alkyl halides is 2. The Hall–Kier alpha value is -1.77. The van der Waals surface area contributed by atoms with Crippen LogP contribution in [-0.4, -0.2) is 23.8 Å². The molecule has 0 N–H and O–H groups in total. The Morgan fingerprint density at radius 2 is 1.71 bits per heavy atom. The average molecular weight is 363 g/mol. The van der Waals surface area contributed by atoms with Crippen molar-refractivity contribution in [1.29, 1.82) is 0 Å². The highest BCUT2D eigenvalue weighted by atomic mass is 35.5. The van der Waals surface area contributed by atoms with Gasteiger partial charge in [0.05, 0.1) is 6.61 Å². The largest absolute Gasteiger partial charge is 0.465 e. The fourth-order valence-electron chi connectivity index (χ4n) is 2.43. The van der Waals surface area contributed by atoms with Crippen LogP contribution in [0, 0.1) is 0 Å². The van der Waals surface area contributed by atoms with Crippen molar-refractivity contribution in [3.8, 4) is 11.1 Å². The predicted octanol–water partition coefficient (Wildman–Crippen LogP) is 5.54. The van der Waals surface area contributed by atoms with Crippen LogP contribution in [0.15, 0.2) is 60.7 Å². The zero-order valence-corrected chi connectivity index (χ0v) is 15.1. The fourth-order valence-corrected chi connectivity index (χ4v) is 2.84. The van der Waals surface area contributed by atoms with E-state index in [1.165, 1.54) is 0 Å². The summed E-state index contributed by atoms with van der Waals surface area (Å²) in [5, 5.41) is -0.715. The third-order valence-electron chi connectivity index (χ3n) is 3.63. The molecule has 0 spiro atoms. The van der Waals surface area contributed by atoms with Crippen molar-refractivity contribution in [1.82, 2.24) is 0 Å². The van der Waals surface area contributed by atoms with Gasteiger partial charge in [0.2, 0.25) is 0 Å². The van der Waals surface area contributed by atoms with Crippen molar-refractivity contribution < 1.29 is 9.53 Å². The lowest BCUT2D eigenvalue weighted by Gasteiger charge is -2.13. The number of ether oxygens (including phenoxy) is 1. The average Bonchev–Trinajstić information content (AvgIpc) is 2.62. The highest BCUT2D eigenvalue weighted by Gasteiger charge is 2.19. The molecular weight excluding hydrogens is 343 g/mol. The van der Waals surface area contributed by atoms with Crippen LogP contribution >= 0.6 is 23.2 Å². The van der Waals surface area contributed by atoms with Gasteiger partial charge >= 0.3 is 5.97 Å². The molecule has 0 saturated heterocycles. The van der Waals surface area contributed by atoms with Gasteiger partial charge in [-0.15, -0.1) is 23.2 Å². The Labute approximate surface area is 153 Å². The number of carbonyl (C=O) groups is 1. The zero-order chi connectivity index (χ0) is 17.4. The molecule has 126 valence electrons. The minimum atomic E-state index is -0.715. The molecule has 1 unspecified atom stereocenters. The monoisotopic (exact) mass is 362 g/mol. The molecule has 0 aliphatic carbocycles. The summed E-state index contributed by atoms with van der Waals surface area (Å²) in [6.45, 7) is 2.09. The minimum absolute atomic E-state index is 0.322. The van der Waals surface area contributed by atoms with E-state index in [0.717, 1.165) is 22.3 Å². The van der Waals surface area contributed by atoms with Crippen molar-refractivity contribution in [3.05, 3.63) is 66.2 Å². The molecule has 1 atom stereocenters. The van der Waals surface area contributed by atoms with E-state index in [2.05, 4.69) is 24.3 Å². The molecule has 2 aromatic carbocycles. The Morgan fingerprint density at radius 1 is 1.08 bits per heavy atom. The first-order valence-electron chi connectivity index (χ1n) is 7.87. The van der Waals surface area contributed by atoms with Gasteiger partial charge in [-0.3, -0.25) is 4.79 Å². The maximum Gasteiger partial charge on any atom is 0.324 e. The summed E-state index contributed by atoms with van der Waals surface area (Å²) in [5.41, 5.74) is 4.24. The summed E-state index contributed by atoms with van der Waals surface area (Å²) in [6.07, 6.45) is 2.27. The van der Waals surface area contributed by atoms with Gasteiger partial charge in [0.1, 0.15) is 5.38 Å². The van der Waals surface area contributed by atoms with Gasteiger partial charge in [-0.1, -0.05) is 60.7 Å². The second-order valence-electron chi connectivity index (χ2n) is 5.25. The standard InChI is InChI=1S/C20H20Cl2O2/c1-2-24-20(23)19(22)14-18(12-13-21)17-10-8-16(9-11-17)15-6-4-3-5-7-15/h3-12,19H,2,13-14H2,1H3/b18-12-. The number of hydrogen-bond acceptors (Lipinski definition) is 2. The molecule has 0 saturated carbocycles. The van der Waals surface area contributed by atoms with Crippen LogP contribution in [0.1, 0.15) is 18.9 Å². The third kappa shape index (κ3) is 5.12. The predicted molar refractivity (Wildman–Crippen MR) is 101 cm³/mol. The highest BCUT2D eigenvalue weighted by molar-refractivity contribution is 6.30. The van der Waals surface area contributed by atoms with Crippen molar-refractivity contribution in [2.75, 3.05) is 12.5 Å². The number of halogens is 2. The van der Waals surface area contributed by atoms with E-state index >= 15 is 0 Å². The smallest absolute Gasteiger partial charge is 0.324 e. The molecule has 0 aromatic heterocycles. The minimum Gasteiger partial charge on any atom is -0.465 e. The molecule has 0 aliphatic heterocycles. The molecule has 0 bridgehead atoms. The lowest BCUT2D eigenvalue weighted by atomic mass is 9.97. The van der Waals surface area contributed by atoms with Crippen LogP contribution in [-0.2, 0) is 9.53 Å². The van der Waals surface area contributed by atoms with Crippen LogP contribution in [0.2, 0.25) is 0 Å². The zero-order valence-electron chi connectivity index (χ0n) is 13.5. The van der Waals surface area contributed by atoms with Crippen LogP contribution in [0.3, 0.4) is 0 Å². The van der Waals surface area contributed by atoms with E-state index < -0.39 is 11.3 Å². The summed E-state index contributed by atoms with van der Waals surface area (Å²) in [4.78, 5) is 11.7. The molecule has 24 heavy (non-hydrogen) atoms. The van der Waals surface area contributed by atoms with Crippen molar-refractivity contribution in [2.24, 2.45) is 0 Å². The Kier molecular flexibility index (Phi) is 7.36. The Balaban J connectivity index is 2.17. The number of esters is 1. The number of rotatable bonds is 7. The van der Waals surface area contributed by atoms with Gasteiger partial charge in [-0.25, -0.2) is 0 Å². The van der Waals surface area contributed by atoms with E-state index in [0.29, 0.717) is 18.9 Å². The summed E-state index contributed by atoms with van der Waals surface area (Å²) >= 11 is 12.0. The third-order valence-corrected chi connectivity index (χ3v) is 4.11. The molecule has 0 fully saturated rings. The Bertz CT molecular complexity index is 679. The summed E-state index contributed by atoms with van der Waals surface area (Å²) in [6, 6.07) is 18.3. The normalized spacial score (nSPS) is 12.7. The second-order valence-corrected chi connectivity index (χ2v) is 6.09. The van der Waals surface area contributed by atoms with E-state index in [1.54, 1.807) is 6.92 Å². The molecule has 0 aliphatic rings. The van der Waals surface area contributed by atoms with Crippen LogP contribution in [0.25, 0.3) is 16.7 Å². The SMILES string of the molecule is CCOC(=O)C(Cl)C/C(=C/CCl)c1ccc(-c2ccccc2)cc1. The van der Waals surface area contributed by atoms with Gasteiger partial charge in [0.25, 0.3) is 0 Å². The van der Waals surface area contributed by atoms with Gasteiger partial charge < -0.3 is 4.74 Å². The molecule has 4 heteroatoms. The van der Waals surface area contributed by atoms with Gasteiger partial charge in [0, 0.05) is 5.88 Å². The van der Waals surface area contributed by atoms with Crippen molar-refractivity contribution in [2.45, 2.75) is 18.7 Å². The van der Waals surface area contributed by atoms with Crippen LogP contribution < -0.4 is 0 Å². The van der Waals surface area contributed by atoms with Gasteiger partial charge in [0.15, 0.2) is 0 Å². The molecule has 2 nitrogen and oxygen atoms in total. The van der Waals surface area contributed by atoms with E-state index in [1.807, 2.05) is 36.4 Å². The maximum atomic E-state index is 11.7. The van der Waals surface area contributed by atoms with E-state index in [4.69, 9.17) is 27.9 Å². The summed E-state index contributed by atoms with van der Waals surface area (Å²) in [7, 11) is 0. The first-order chi connectivity index (χ1) is 11.7. The van der Waals surface area contributed by atoms with Crippen LogP contribution in [0.5, 0.6) is 0 Å². The fraction of sp³-hybridized carbons (Fsp3) is 0.250. The Morgan fingerprint density at radius 3 is 2.29 bits per heavy atom. The van der Waals surface area contributed by atoms with Crippen LogP contribution in [0.4, 0.5) is 0 Å². The number of benzene rings is 2. The molecular formula is C20H20Cl2O2. The number of carbonyl (C=O) groups excluding carboxylic acids is 1. The van der Waals surface area contributed by atoms with Gasteiger partial charge in [-0.2, -0.15) is 0 Å². The number of allylic oxidation sites excluding steroid dienone is 2. The molecule has 0 amide bonds. The molecule has 0 radical (unpaired) electrons. The summed E-state index contributed by atoms with van der Waals surface area (Å²) in [5.74, 6) is -0.0390. The topological polar surface area (TPSA) is 26.3 Å². The molecule has 2 rings (SSSR count). The van der Waals surface area contributed by atoms with Gasteiger partial charge in [-0.05, 0) is 35.6 Å². The second kappa shape index (κ2) is 9.51. The van der Waals surface area contributed by atoms with E-state index in [9.17, 15) is 4.79 Å². The van der Waals surface area contributed by atoms with Crippen molar-refractivity contribution >= 4 is 34.7 Å². The highest BCUT2D eigenvalue weighted by Crippen LogP contribution is 2.26. The first-order valence-corrected chi connectivity index (χ1v) is 8.84. The quantitative estimate of drug-likeness (QED) is 0.477. The van der Waals surface area contributed by atoms with E-state index in [-0.39, 0.29) is 0 Å². The molecule has 2 aromatic rings. The summed E-state index contributed by atoms with van der Waals surface area (Å²) < 4.78 is 4.96. The number of hydrogen-bond donors (Lipinski definition) is 0. The lowest BCUT2D eigenvalue weighted by Crippen LogP contribution is -2.18. The first kappa shape index (κ1) is 18.6. The molecule has 0 heterocycles.